The molecule has 2 nitrogen and oxygen atoms in total. The molecule has 1 aliphatic rings. The third-order valence-corrected chi connectivity index (χ3v) is 2.84. The third kappa shape index (κ3) is 1.95. The van der Waals surface area contributed by atoms with Gasteiger partial charge in [0.25, 0.3) is 0 Å². The van der Waals surface area contributed by atoms with E-state index in [0.717, 1.165) is 0 Å². The lowest BCUT2D eigenvalue weighted by Gasteiger charge is -2.35. The molecule has 1 N–H and O–H groups in total. The van der Waals surface area contributed by atoms with Gasteiger partial charge in [0.15, 0.2) is 0 Å². The molecule has 0 aliphatic heterocycles. The molecule has 0 radical (unpaired) electrons. The van der Waals surface area contributed by atoms with Crippen molar-refractivity contribution in [3.63, 3.8) is 0 Å². The minimum absolute atomic E-state index is 0.338. The maximum absolute atomic E-state index is 8.42. The zero-order valence-electron chi connectivity index (χ0n) is 7.38. The van der Waals surface area contributed by atoms with Gasteiger partial charge in [0.05, 0.1) is 0 Å². The van der Waals surface area contributed by atoms with Crippen LogP contribution < -0.4 is 0 Å². The largest absolute Gasteiger partial charge is 0.411 e. The molecule has 1 aliphatic carbocycles. The highest BCUT2D eigenvalue weighted by Gasteiger charge is 2.30. The molecule has 0 spiro atoms. The molecule has 0 heterocycles. The van der Waals surface area contributed by atoms with Crippen LogP contribution in [0.1, 0.15) is 39.5 Å². The fourth-order valence-electron chi connectivity index (χ4n) is 1.88. The van der Waals surface area contributed by atoms with Gasteiger partial charge in [0, 0.05) is 12.1 Å². The minimum Gasteiger partial charge on any atom is -0.411 e. The van der Waals surface area contributed by atoms with Gasteiger partial charge in [-0.15, -0.1) is 5.16 Å². The molecule has 11 heavy (non-hydrogen) atoms. The van der Waals surface area contributed by atoms with Crippen LogP contribution in [-0.4, -0.2) is 11.4 Å². The lowest BCUT2D eigenvalue weighted by Crippen LogP contribution is -2.28. The molecule has 1 saturated carbocycles. The quantitative estimate of drug-likeness (QED) is 0.352. The first-order valence-corrected chi connectivity index (χ1v) is 4.34. The Kier molecular flexibility index (Phi) is 2.53. The highest BCUT2D eigenvalue weighted by atomic mass is 16.4. The molecule has 0 saturated heterocycles. The Hall–Kier alpha value is -0.530. The van der Waals surface area contributed by atoms with Crippen LogP contribution in [0.4, 0.5) is 0 Å². The lowest BCUT2D eigenvalue weighted by atomic mass is 9.69. The van der Waals surface area contributed by atoms with E-state index >= 15 is 0 Å². The minimum atomic E-state index is 0.338. The summed E-state index contributed by atoms with van der Waals surface area (Å²) >= 11 is 0. The molecule has 0 amide bonds. The van der Waals surface area contributed by atoms with Crippen LogP contribution in [0.5, 0.6) is 0 Å². The molecule has 1 unspecified atom stereocenters. The molecule has 0 bridgehead atoms. The SMILES string of the molecule is CC1(C)CCCCC1/C=N/O. The van der Waals surface area contributed by atoms with E-state index in [4.69, 9.17) is 5.21 Å². The monoisotopic (exact) mass is 155 g/mol. The Morgan fingerprint density at radius 3 is 2.73 bits per heavy atom. The van der Waals surface area contributed by atoms with Crippen LogP contribution in [0.2, 0.25) is 0 Å². The third-order valence-electron chi connectivity index (χ3n) is 2.84. The van der Waals surface area contributed by atoms with E-state index in [1.165, 1.54) is 25.7 Å². The van der Waals surface area contributed by atoms with Gasteiger partial charge >= 0.3 is 0 Å². The summed E-state index contributed by atoms with van der Waals surface area (Å²) in [7, 11) is 0. The van der Waals surface area contributed by atoms with Crippen LogP contribution in [0.15, 0.2) is 5.16 Å². The highest BCUT2D eigenvalue weighted by molar-refractivity contribution is 5.61. The fraction of sp³-hybridized carbons (Fsp3) is 0.889. The average molecular weight is 155 g/mol. The molecule has 0 aromatic carbocycles. The second kappa shape index (κ2) is 3.24. The van der Waals surface area contributed by atoms with Crippen LogP contribution in [0, 0.1) is 11.3 Å². The molecular weight excluding hydrogens is 138 g/mol. The second-order valence-corrected chi connectivity index (χ2v) is 4.11. The van der Waals surface area contributed by atoms with E-state index in [1.807, 2.05) is 0 Å². The average Bonchev–Trinajstić information content (AvgIpc) is 1.94. The van der Waals surface area contributed by atoms with Crippen LogP contribution >= 0.6 is 0 Å². The van der Waals surface area contributed by atoms with E-state index in [1.54, 1.807) is 6.21 Å². The van der Waals surface area contributed by atoms with E-state index in [9.17, 15) is 0 Å². The smallest absolute Gasteiger partial charge is 0.0472 e. The molecule has 0 aromatic heterocycles. The van der Waals surface area contributed by atoms with Gasteiger partial charge in [0.2, 0.25) is 0 Å². The van der Waals surface area contributed by atoms with Gasteiger partial charge in [-0.25, -0.2) is 0 Å². The predicted molar refractivity (Wildman–Crippen MR) is 46.0 cm³/mol. The summed E-state index contributed by atoms with van der Waals surface area (Å²) in [6.45, 7) is 4.50. The molecular formula is C9H17NO. The van der Waals surface area contributed by atoms with Crippen LogP contribution in [0.25, 0.3) is 0 Å². The Labute approximate surface area is 68.3 Å². The van der Waals surface area contributed by atoms with Crippen molar-refractivity contribution in [2.75, 3.05) is 0 Å². The van der Waals surface area contributed by atoms with E-state index in [2.05, 4.69) is 19.0 Å². The van der Waals surface area contributed by atoms with Gasteiger partial charge in [-0.1, -0.05) is 26.7 Å². The van der Waals surface area contributed by atoms with Gasteiger partial charge in [0.1, 0.15) is 0 Å². The van der Waals surface area contributed by atoms with Crippen molar-refractivity contribution in [1.29, 1.82) is 0 Å². The van der Waals surface area contributed by atoms with Crippen molar-refractivity contribution in [2.45, 2.75) is 39.5 Å². The summed E-state index contributed by atoms with van der Waals surface area (Å²) in [4.78, 5) is 0. The maximum atomic E-state index is 8.42. The summed E-state index contributed by atoms with van der Waals surface area (Å²) < 4.78 is 0. The summed E-state index contributed by atoms with van der Waals surface area (Å²) in [5.74, 6) is 0.473. The van der Waals surface area contributed by atoms with Crippen LogP contribution in [0.3, 0.4) is 0 Å². The van der Waals surface area contributed by atoms with Gasteiger partial charge in [-0.05, 0) is 18.3 Å². The van der Waals surface area contributed by atoms with E-state index < -0.39 is 0 Å². The molecule has 2 heteroatoms. The van der Waals surface area contributed by atoms with E-state index in [0.29, 0.717) is 11.3 Å². The first-order chi connectivity index (χ1) is 5.17. The second-order valence-electron chi connectivity index (χ2n) is 4.11. The standard InChI is InChI=1S/C9H17NO/c1-9(2)6-4-3-5-8(9)7-10-11/h7-8,11H,3-6H2,1-2H3/b10-7+. The fourth-order valence-corrected chi connectivity index (χ4v) is 1.88. The normalized spacial score (nSPS) is 30.9. The maximum Gasteiger partial charge on any atom is 0.0472 e. The lowest BCUT2D eigenvalue weighted by molar-refractivity contribution is 0.191. The topological polar surface area (TPSA) is 32.6 Å². The van der Waals surface area contributed by atoms with Crippen molar-refractivity contribution in [3.05, 3.63) is 0 Å². The molecule has 1 rings (SSSR count). The zero-order chi connectivity index (χ0) is 8.32. The molecule has 1 fully saturated rings. The van der Waals surface area contributed by atoms with Crippen molar-refractivity contribution < 1.29 is 5.21 Å². The van der Waals surface area contributed by atoms with Crippen LogP contribution in [-0.2, 0) is 0 Å². The van der Waals surface area contributed by atoms with Gasteiger partial charge in [-0.2, -0.15) is 0 Å². The van der Waals surface area contributed by atoms with Crippen molar-refractivity contribution in [2.24, 2.45) is 16.5 Å². The Morgan fingerprint density at radius 1 is 1.45 bits per heavy atom. The Bertz CT molecular complexity index is 152. The van der Waals surface area contributed by atoms with Crippen molar-refractivity contribution in [3.8, 4) is 0 Å². The molecule has 0 aromatic rings. The highest BCUT2D eigenvalue weighted by Crippen LogP contribution is 2.39. The summed E-state index contributed by atoms with van der Waals surface area (Å²) in [5.41, 5.74) is 0.338. The number of rotatable bonds is 1. The summed E-state index contributed by atoms with van der Waals surface area (Å²) in [5, 5.41) is 11.6. The summed E-state index contributed by atoms with van der Waals surface area (Å²) in [6.07, 6.45) is 6.72. The van der Waals surface area contributed by atoms with Gasteiger partial charge in [-0.3, -0.25) is 0 Å². The zero-order valence-corrected chi connectivity index (χ0v) is 7.38. The van der Waals surface area contributed by atoms with E-state index in [-0.39, 0.29) is 0 Å². The molecule has 1 atom stereocenters. The first-order valence-electron chi connectivity index (χ1n) is 4.34. The first kappa shape index (κ1) is 8.57. The Morgan fingerprint density at radius 2 is 2.18 bits per heavy atom. The molecule has 64 valence electrons. The number of nitrogens with zero attached hydrogens (tertiary/aromatic N) is 1. The Balaban J connectivity index is 2.59. The number of oxime groups is 1. The number of hydrogen-bond acceptors (Lipinski definition) is 2. The predicted octanol–water partition coefficient (Wildman–Crippen LogP) is 2.66. The van der Waals surface area contributed by atoms with Gasteiger partial charge < -0.3 is 5.21 Å². The van der Waals surface area contributed by atoms with Crippen molar-refractivity contribution >= 4 is 6.21 Å². The number of hydrogen-bond donors (Lipinski definition) is 1. The summed E-state index contributed by atoms with van der Waals surface area (Å²) in [6, 6.07) is 0. The van der Waals surface area contributed by atoms with Crippen molar-refractivity contribution in [1.82, 2.24) is 0 Å².